The molecule has 46 heavy (non-hydrogen) atoms. The highest BCUT2D eigenvalue weighted by molar-refractivity contribution is 6.84. The van der Waals surface area contributed by atoms with Crippen molar-refractivity contribution in [2.45, 2.75) is 0 Å². The molecule has 0 amide bonds. The first kappa shape index (κ1) is 25.3. The van der Waals surface area contributed by atoms with Crippen molar-refractivity contribution in [3.63, 3.8) is 0 Å². The third kappa shape index (κ3) is 3.74. The number of ether oxygens (including phenoxy) is 1. The standard InChI is InChI=1S/C42H26BNO2/c1-2-9-27(10-3-1)29-19-23-39-35(25-29)34-13-8-16-41-42(34)43(46-39)36-26-30(20-24-40(36)45-41)28-17-21-31(22-18-28)44-37-14-6-4-11-32(37)33-12-5-7-15-38(33)44/h1-26H. The Bertz CT molecular complexity index is 2430. The zero-order valence-electron chi connectivity index (χ0n) is 24.9. The maximum atomic E-state index is 6.81. The van der Waals surface area contributed by atoms with Gasteiger partial charge in [-0.3, -0.25) is 0 Å². The van der Waals surface area contributed by atoms with E-state index in [2.05, 4.69) is 150 Å². The van der Waals surface area contributed by atoms with Crippen LogP contribution in [-0.4, -0.2) is 11.5 Å². The molecule has 0 unspecified atom stereocenters. The zero-order chi connectivity index (χ0) is 30.2. The summed E-state index contributed by atoms with van der Waals surface area (Å²) in [5, 5.41) is 2.53. The second-order valence-corrected chi connectivity index (χ2v) is 12.1. The SMILES string of the molecule is c1ccc(-c2ccc3c(c2)-c2cccc4c2B(O3)c2cc(-c3ccc(-n5c6ccccc6c6ccccc65)cc3)ccc2O4)cc1. The maximum absolute atomic E-state index is 6.81. The van der Waals surface area contributed by atoms with E-state index in [9.17, 15) is 0 Å². The Labute approximate surface area is 267 Å². The minimum atomic E-state index is -0.248. The Morgan fingerprint density at radius 1 is 0.435 bits per heavy atom. The topological polar surface area (TPSA) is 23.4 Å². The molecule has 0 fully saturated rings. The molecule has 214 valence electrons. The molecule has 1 aromatic heterocycles. The van der Waals surface area contributed by atoms with Gasteiger partial charge >= 0.3 is 6.92 Å². The van der Waals surface area contributed by atoms with E-state index in [1.54, 1.807) is 0 Å². The van der Waals surface area contributed by atoms with E-state index in [0.717, 1.165) is 56.1 Å². The lowest BCUT2D eigenvalue weighted by Gasteiger charge is -2.33. The lowest BCUT2D eigenvalue weighted by atomic mass is 9.50. The molecule has 0 aliphatic carbocycles. The fourth-order valence-electron chi connectivity index (χ4n) is 7.34. The van der Waals surface area contributed by atoms with Crippen LogP contribution in [0.15, 0.2) is 158 Å². The molecule has 0 saturated carbocycles. The molecule has 4 heteroatoms. The van der Waals surface area contributed by atoms with E-state index in [1.165, 1.54) is 32.9 Å². The van der Waals surface area contributed by atoms with Gasteiger partial charge in [-0.2, -0.15) is 0 Å². The van der Waals surface area contributed by atoms with Crippen molar-refractivity contribution in [2.75, 3.05) is 0 Å². The number of hydrogen-bond donors (Lipinski definition) is 0. The summed E-state index contributed by atoms with van der Waals surface area (Å²) in [4.78, 5) is 0. The summed E-state index contributed by atoms with van der Waals surface area (Å²) in [6.07, 6.45) is 0. The molecule has 2 aliphatic heterocycles. The van der Waals surface area contributed by atoms with Gasteiger partial charge in [-0.25, -0.2) is 0 Å². The largest absolute Gasteiger partial charge is 0.551 e. The van der Waals surface area contributed by atoms with Gasteiger partial charge in [0.1, 0.15) is 17.2 Å². The number of para-hydroxylation sites is 2. The number of aromatic nitrogens is 1. The summed E-state index contributed by atoms with van der Waals surface area (Å²) in [7, 11) is 0. The molecule has 2 aliphatic rings. The Morgan fingerprint density at radius 2 is 1.07 bits per heavy atom. The zero-order valence-corrected chi connectivity index (χ0v) is 24.9. The van der Waals surface area contributed by atoms with Crippen LogP contribution in [0.25, 0.3) is 60.9 Å². The van der Waals surface area contributed by atoms with Gasteiger partial charge in [-0.1, -0.05) is 109 Å². The molecule has 7 aromatic carbocycles. The molecule has 8 aromatic rings. The highest BCUT2D eigenvalue weighted by atomic mass is 16.5. The van der Waals surface area contributed by atoms with Crippen LogP contribution in [0.2, 0.25) is 0 Å². The second-order valence-electron chi connectivity index (χ2n) is 12.1. The Kier molecular flexibility index (Phi) is 5.37. The first-order valence-electron chi connectivity index (χ1n) is 15.7. The van der Waals surface area contributed by atoms with Gasteiger partial charge in [-0.05, 0) is 76.3 Å². The molecule has 0 atom stereocenters. The van der Waals surface area contributed by atoms with Crippen molar-refractivity contribution < 1.29 is 9.39 Å². The summed E-state index contributed by atoms with van der Waals surface area (Å²) in [6, 6.07) is 55.9. The summed E-state index contributed by atoms with van der Waals surface area (Å²) >= 11 is 0. The van der Waals surface area contributed by atoms with Gasteiger partial charge in [0.25, 0.3) is 0 Å². The first-order valence-corrected chi connectivity index (χ1v) is 15.7. The number of rotatable bonds is 3. The molecule has 3 heterocycles. The van der Waals surface area contributed by atoms with Crippen LogP contribution in [0.4, 0.5) is 0 Å². The molecule has 0 radical (unpaired) electrons. The van der Waals surface area contributed by atoms with Crippen molar-refractivity contribution in [1.29, 1.82) is 0 Å². The molecule has 0 bridgehead atoms. The quantitative estimate of drug-likeness (QED) is 0.192. The van der Waals surface area contributed by atoms with Gasteiger partial charge in [0.15, 0.2) is 0 Å². The van der Waals surface area contributed by atoms with Crippen LogP contribution in [0.1, 0.15) is 0 Å². The third-order valence-corrected chi connectivity index (χ3v) is 9.50. The van der Waals surface area contributed by atoms with Crippen molar-refractivity contribution in [2.24, 2.45) is 0 Å². The van der Waals surface area contributed by atoms with Crippen LogP contribution in [0, 0.1) is 0 Å². The molecule has 0 saturated heterocycles. The number of nitrogens with zero attached hydrogens (tertiary/aromatic N) is 1. The molecule has 0 N–H and O–H groups in total. The van der Waals surface area contributed by atoms with Gasteiger partial charge < -0.3 is 14.0 Å². The minimum absolute atomic E-state index is 0.248. The van der Waals surface area contributed by atoms with Crippen molar-refractivity contribution in [3.8, 4) is 56.3 Å². The first-order chi connectivity index (χ1) is 22.8. The monoisotopic (exact) mass is 587 g/mol. The smallest absolute Gasteiger partial charge is 0.434 e. The molecular formula is C42H26BNO2. The predicted octanol–water partition coefficient (Wildman–Crippen LogP) is 9.39. The average molecular weight is 587 g/mol. The lowest BCUT2D eigenvalue weighted by Crippen LogP contribution is -2.53. The Hall–Kier alpha value is -6.00. The van der Waals surface area contributed by atoms with Crippen LogP contribution in [0.3, 0.4) is 0 Å². The van der Waals surface area contributed by atoms with E-state index in [1.807, 2.05) is 12.1 Å². The fourth-order valence-corrected chi connectivity index (χ4v) is 7.34. The van der Waals surface area contributed by atoms with Gasteiger partial charge in [-0.15, -0.1) is 0 Å². The molecule has 0 spiro atoms. The van der Waals surface area contributed by atoms with E-state index in [0.29, 0.717) is 0 Å². The third-order valence-electron chi connectivity index (χ3n) is 9.50. The van der Waals surface area contributed by atoms with E-state index >= 15 is 0 Å². The number of hydrogen-bond acceptors (Lipinski definition) is 2. The minimum Gasteiger partial charge on any atom is -0.551 e. The average Bonchev–Trinajstić information content (AvgIpc) is 3.46. The highest BCUT2D eigenvalue weighted by Gasteiger charge is 2.40. The number of benzene rings is 7. The normalized spacial score (nSPS) is 12.7. The Balaban J connectivity index is 1.04. The molecular weight excluding hydrogens is 561 g/mol. The predicted molar refractivity (Wildman–Crippen MR) is 189 cm³/mol. The molecule has 10 rings (SSSR count). The highest BCUT2D eigenvalue weighted by Crippen LogP contribution is 2.41. The summed E-state index contributed by atoms with van der Waals surface area (Å²) in [5.74, 6) is 2.59. The second kappa shape index (κ2) is 9.75. The van der Waals surface area contributed by atoms with Crippen LogP contribution in [-0.2, 0) is 0 Å². The van der Waals surface area contributed by atoms with Crippen LogP contribution in [0.5, 0.6) is 17.2 Å². The van der Waals surface area contributed by atoms with Crippen molar-refractivity contribution in [1.82, 2.24) is 4.57 Å². The maximum Gasteiger partial charge on any atom is 0.434 e. The van der Waals surface area contributed by atoms with Gasteiger partial charge in [0.2, 0.25) is 0 Å². The number of fused-ring (bicyclic) bond motifs is 7. The lowest BCUT2D eigenvalue weighted by molar-refractivity contribution is 0.479. The summed E-state index contributed by atoms with van der Waals surface area (Å²) in [6.45, 7) is -0.248. The molecule has 3 nitrogen and oxygen atoms in total. The van der Waals surface area contributed by atoms with Crippen LogP contribution >= 0.6 is 0 Å². The Morgan fingerprint density at radius 3 is 1.83 bits per heavy atom. The van der Waals surface area contributed by atoms with Gasteiger partial charge in [0.05, 0.1) is 11.0 Å². The van der Waals surface area contributed by atoms with Crippen molar-refractivity contribution in [3.05, 3.63) is 158 Å². The van der Waals surface area contributed by atoms with E-state index in [4.69, 9.17) is 9.39 Å². The summed E-state index contributed by atoms with van der Waals surface area (Å²) in [5.41, 5.74) is 12.6. The summed E-state index contributed by atoms with van der Waals surface area (Å²) < 4.78 is 15.7. The van der Waals surface area contributed by atoms with E-state index in [-0.39, 0.29) is 6.92 Å². The van der Waals surface area contributed by atoms with E-state index < -0.39 is 0 Å². The fraction of sp³-hybridized carbons (Fsp3) is 0. The van der Waals surface area contributed by atoms with Crippen LogP contribution < -0.4 is 20.3 Å². The van der Waals surface area contributed by atoms with Crippen molar-refractivity contribution >= 4 is 39.6 Å². The van der Waals surface area contributed by atoms with Gasteiger partial charge in [0, 0.05) is 32.9 Å².